The molecule has 5 heteroatoms. The Kier molecular flexibility index (Phi) is 4.53. The molecule has 0 saturated carbocycles. The van der Waals surface area contributed by atoms with Crippen LogP contribution in [0.25, 0.3) is 0 Å². The van der Waals surface area contributed by atoms with Gasteiger partial charge in [0.1, 0.15) is 0 Å². The molecule has 17 heavy (non-hydrogen) atoms. The Morgan fingerprint density at radius 1 is 1.65 bits per heavy atom. The van der Waals surface area contributed by atoms with Crippen molar-refractivity contribution >= 4 is 17.2 Å². The van der Waals surface area contributed by atoms with Gasteiger partial charge < -0.3 is 15.4 Å². The second-order valence-electron chi connectivity index (χ2n) is 4.24. The lowest BCUT2D eigenvalue weighted by Gasteiger charge is -2.18. The number of thiophene rings is 1. The van der Waals surface area contributed by atoms with E-state index in [-0.39, 0.29) is 18.1 Å². The number of hydrogen-bond acceptors (Lipinski definition) is 4. The normalized spacial score (nSPS) is 23.8. The summed E-state index contributed by atoms with van der Waals surface area (Å²) in [6.07, 6.45) is 1.46. The van der Waals surface area contributed by atoms with Crippen LogP contribution in [0.2, 0.25) is 0 Å². The smallest absolute Gasteiger partial charge is 0.220 e. The molecule has 1 amide bonds. The fraction of sp³-hybridized carbons (Fsp3) is 0.583. The number of hydrogen-bond donors (Lipinski definition) is 2. The van der Waals surface area contributed by atoms with Crippen molar-refractivity contribution in [3.63, 3.8) is 0 Å². The van der Waals surface area contributed by atoms with Crippen LogP contribution in [0.15, 0.2) is 16.8 Å². The Bertz CT molecular complexity index is 353. The molecule has 0 aromatic carbocycles. The monoisotopic (exact) mass is 254 g/mol. The van der Waals surface area contributed by atoms with Gasteiger partial charge >= 0.3 is 0 Å². The topological polar surface area (TPSA) is 50.4 Å². The van der Waals surface area contributed by atoms with Crippen molar-refractivity contribution in [1.29, 1.82) is 0 Å². The van der Waals surface area contributed by atoms with Gasteiger partial charge in [0.15, 0.2) is 0 Å². The lowest BCUT2D eigenvalue weighted by Crippen LogP contribution is -2.43. The van der Waals surface area contributed by atoms with Crippen LogP contribution in [0.3, 0.4) is 0 Å². The van der Waals surface area contributed by atoms with Crippen molar-refractivity contribution in [3.05, 3.63) is 22.4 Å². The van der Waals surface area contributed by atoms with E-state index in [0.29, 0.717) is 6.42 Å². The van der Waals surface area contributed by atoms with E-state index in [4.69, 9.17) is 4.74 Å². The number of rotatable bonds is 5. The molecule has 1 saturated heterocycles. The van der Waals surface area contributed by atoms with E-state index in [1.807, 2.05) is 5.38 Å². The molecule has 0 radical (unpaired) electrons. The van der Waals surface area contributed by atoms with E-state index in [0.717, 1.165) is 19.5 Å². The van der Waals surface area contributed by atoms with E-state index < -0.39 is 0 Å². The van der Waals surface area contributed by atoms with Crippen molar-refractivity contribution in [2.75, 3.05) is 20.2 Å². The zero-order chi connectivity index (χ0) is 12.1. The van der Waals surface area contributed by atoms with Crippen molar-refractivity contribution in [2.24, 2.45) is 0 Å². The molecule has 94 valence electrons. The van der Waals surface area contributed by atoms with Gasteiger partial charge in [0, 0.05) is 26.6 Å². The van der Waals surface area contributed by atoms with Crippen LogP contribution in [0, 0.1) is 0 Å². The van der Waals surface area contributed by atoms with Crippen LogP contribution in [-0.2, 0) is 16.0 Å². The Morgan fingerprint density at radius 2 is 2.53 bits per heavy atom. The van der Waals surface area contributed by atoms with E-state index >= 15 is 0 Å². The highest BCUT2D eigenvalue weighted by Crippen LogP contribution is 2.09. The number of amides is 1. The molecule has 1 fully saturated rings. The highest BCUT2D eigenvalue weighted by Gasteiger charge is 2.27. The number of methoxy groups -OCH3 is 1. The molecule has 2 atom stereocenters. The van der Waals surface area contributed by atoms with Gasteiger partial charge in [0.05, 0.1) is 12.1 Å². The molecule has 0 aliphatic carbocycles. The number of ether oxygens (including phenoxy) is 1. The average molecular weight is 254 g/mol. The Labute approximate surface area is 105 Å². The SMILES string of the molecule is CO[C@H]1CNC[C@H]1NC(=O)CCc1ccsc1. The second kappa shape index (κ2) is 6.14. The molecule has 0 spiro atoms. The standard InChI is InChI=1S/C12H18N2O2S/c1-16-11-7-13-6-10(11)14-12(15)3-2-9-4-5-17-8-9/h4-5,8,10-11,13H,2-3,6-7H2,1H3,(H,14,15)/t10-,11+/m1/s1. The van der Waals surface area contributed by atoms with Crippen LogP contribution in [0.1, 0.15) is 12.0 Å². The van der Waals surface area contributed by atoms with Crippen LogP contribution in [0.5, 0.6) is 0 Å². The third-order valence-corrected chi connectivity index (χ3v) is 3.76. The molecule has 1 aromatic rings. The minimum Gasteiger partial charge on any atom is -0.378 e. The Morgan fingerprint density at radius 3 is 3.24 bits per heavy atom. The first kappa shape index (κ1) is 12.5. The minimum atomic E-state index is 0.0973. The summed E-state index contributed by atoms with van der Waals surface area (Å²) in [4.78, 5) is 11.8. The first-order chi connectivity index (χ1) is 8.29. The van der Waals surface area contributed by atoms with E-state index in [9.17, 15) is 4.79 Å². The molecular weight excluding hydrogens is 236 g/mol. The second-order valence-corrected chi connectivity index (χ2v) is 5.02. The number of carbonyl (C=O) groups is 1. The van der Waals surface area contributed by atoms with Gasteiger partial charge in [-0.25, -0.2) is 0 Å². The average Bonchev–Trinajstić information content (AvgIpc) is 2.97. The van der Waals surface area contributed by atoms with Gasteiger partial charge in [-0.1, -0.05) is 0 Å². The summed E-state index contributed by atoms with van der Waals surface area (Å²) in [6.45, 7) is 1.61. The Hall–Kier alpha value is -0.910. The van der Waals surface area contributed by atoms with Gasteiger partial charge in [-0.05, 0) is 28.8 Å². The van der Waals surface area contributed by atoms with E-state index in [1.165, 1.54) is 5.56 Å². The van der Waals surface area contributed by atoms with Gasteiger partial charge in [-0.2, -0.15) is 11.3 Å². The maximum Gasteiger partial charge on any atom is 0.220 e. The maximum atomic E-state index is 11.8. The molecule has 1 aliphatic heterocycles. The van der Waals surface area contributed by atoms with Gasteiger partial charge in [0.25, 0.3) is 0 Å². The van der Waals surface area contributed by atoms with Crippen LogP contribution in [0.4, 0.5) is 0 Å². The van der Waals surface area contributed by atoms with Gasteiger partial charge in [0.2, 0.25) is 5.91 Å². The third kappa shape index (κ3) is 3.52. The quantitative estimate of drug-likeness (QED) is 0.816. The first-order valence-electron chi connectivity index (χ1n) is 5.83. The van der Waals surface area contributed by atoms with Gasteiger partial charge in [-0.3, -0.25) is 4.79 Å². The molecule has 4 nitrogen and oxygen atoms in total. The van der Waals surface area contributed by atoms with Crippen molar-refractivity contribution in [2.45, 2.75) is 25.0 Å². The summed E-state index contributed by atoms with van der Waals surface area (Å²) in [5.41, 5.74) is 1.23. The summed E-state index contributed by atoms with van der Waals surface area (Å²) in [6, 6.07) is 2.17. The molecule has 2 N–H and O–H groups in total. The first-order valence-corrected chi connectivity index (χ1v) is 6.78. The van der Waals surface area contributed by atoms with Gasteiger partial charge in [-0.15, -0.1) is 0 Å². The van der Waals surface area contributed by atoms with E-state index in [1.54, 1.807) is 18.4 Å². The molecule has 2 heterocycles. The molecular formula is C12H18N2O2S. The summed E-state index contributed by atoms with van der Waals surface area (Å²) >= 11 is 1.67. The number of carbonyl (C=O) groups excluding carboxylic acids is 1. The summed E-state index contributed by atoms with van der Waals surface area (Å²) in [7, 11) is 1.68. The summed E-state index contributed by atoms with van der Waals surface area (Å²) in [5.74, 6) is 0.104. The van der Waals surface area contributed by atoms with Crippen LogP contribution >= 0.6 is 11.3 Å². The zero-order valence-electron chi connectivity index (χ0n) is 9.94. The highest BCUT2D eigenvalue weighted by atomic mass is 32.1. The fourth-order valence-electron chi connectivity index (χ4n) is 2.02. The fourth-order valence-corrected chi connectivity index (χ4v) is 2.72. The highest BCUT2D eigenvalue weighted by molar-refractivity contribution is 7.07. The third-order valence-electron chi connectivity index (χ3n) is 3.03. The summed E-state index contributed by atoms with van der Waals surface area (Å²) in [5, 5.41) is 10.4. The molecule has 0 bridgehead atoms. The molecule has 0 unspecified atom stereocenters. The minimum absolute atomic E-state index is 0.0973. The van der Waals surface area contributed by atoms with E-state index in [2.05, 4.69) is 22.1 Å². The van der Waals surface area contributed by atoms with Crippen molar-refractivity contribution < 1.29 is 9.53 Å². The number of aryl methyl sites for hydroxylation is 1. The predicted molar refractivity (Wildman–Crippen MR) is 68.2 cm³/mol. The van der Waals surface area contributed by atoms with Crippen molar-refractivity contribution in [1.82, 2.24) is 10.6 Å². The summed E-state index contributed by atoms with van der Waals surface area (Å²) < 4.78 is 5.30. The largest absolute Gasteiger partial charge is 0.378 e. The Balaban J connectivity index is 1.73. The maximum absolute atomic E-state index is 11.8. The lowest BCUT2D eigenvalue weighted by molar-refractivity contribution is -0.122. The predicted octanol–water partition coefficient (Wildman–Crippen LogP) is 0.784. The number of nitrogens with one attached hydrogen (secondary N) is 2. The molecule has 1 aromatic heterocycles. The molecule has 1 aliphatic rings. The van der Waals surface area contributed by atoms with Crippen LogP contribution < -0.4 is 10.6 Å². The zero-order valence-corrected chi connectivity index (χ0v) is 10.8. The van der Waals surface area contributed by atoms with Crippen molar-refractivity contribution in [3.8, 4) is 0 Å². The molecule has 2 rings (SSSR count). The lowest BCUT2D eigenvalue weighted by atomic mass is 10.1. The van der Waals surface area contributed by atoms with Crippen LogP contribution in [-0.4, -0.2) is 38.3 Å².